The van der Waals surface area contributed by atoms with Crippen LogP contribution < -0.4 is 5.32 Å². The van der Waals surface area contributed by atoms with Crippen LogP contribution in [0.4, 0.5) is 14.5 Å². The van der Waals surface area contributed by atoms with Crippen LogP contribution in [0.1, 0.15) is 38.7 Å². The highest BCUT2D eigenvalue weighted by Crippen LogP contribution is 2.32. The van der Waals surface area contributed by atoms with Crippen LogP contribution in [0.5, 0.6) is 0 Å². The van der Waals surface area contributed by atoms with Crippen LogP contribution in [0.25, 0.3) is 0 Å². The Morgan fingerprint density at radius 3 is 2.50 bits per heavy atom. The molecule has 18 heavy (non-hydrogen) atoms. The average Bonchev–Trinajstić information content (AvgIpc) is 2.34. The summed E-state index contributed by atoms with van der Waals surface area (Å²) in [7, 11) is 0. The van der Waals surface area contributed by atoms with Gasteiger partial charge in [-0.05, 0) is 49.7 Å². The molecule has 3 heteroatoms. The highest BCUT2D eigenvalue weighted by Gasteiger charge is 2.25. The van der Waals surface area contributed by atoms with E-state index in [9.17, 15) is 8.78 Å². The maximum atomic E-state index is 13.9. The maximum Gasteiger partial charge on any atom is 0.152 e. The van der Waals surface area contributed by atoms with Gasteiger partial charge in [-0.25, -0.2) is 8.78 Å². The molecule has 0 spiro atoms. The SMILES string of the molecule is Cc1ccc(F)c(NC2CCC(C)C(C)C2)c1F. The van der Waals surface area contributed by atoms with Crippen molar-refractivity contribution < 1.29 is 8.78 Å². The Balaban J connectivity index is 2.13. The summed E-state index contributed by atoms with van der Waals surface area (Å²) in [5.41, 5.74) is 0.526. The Hall–Kier alpha value is -1.12. The lowest BCUT2D eigenvalue weighted by atomic mass is 9.79. The van der Waals surface area contributed by atoms with E-state index in [0.29, 0.717) is 17.4 Å². The summed E-state index contributed by atoms with van der Waals surface area (Å²) in [5.74, 6) is 0.355. The Bertz CT molecular complexity index is 431. The van der Waals surface area contributed by atoms with Crippen LogP contribution in [-0.2, 0) is 0 Å². The summed E-state index contributed by atoms with van der Waals surface area (Å²) in [6.07, 6.45) is 3.08. The van der Waals surface area contributed by atoms with E-state index in [1.165, 1.54) is 12.1 Å². The third-order valence-electron chi connectivity index (χ3n) is 4.23. The van der Waals surface area contributed by atoms with E-state index in [1.54, 1.807) is 6.92 Å². The molecular formula is C15H21F2N. The van der Waals surface area contributed by atoms with Crippen molar-refractivity contribution in [3.63, 3.8) is 0 Å². The van der Waals surface area contributed by atoms with E-state index in [2.05, 4.69) is 19.2 Å². The van der Waals surface area contributed by atoms with Crippen molar-refractivity contribution in [3.8, 4) is 0 Å². The molecule has 1 N–H and O–H groups in total. The zero-order chi connectivity index (χ0) is 13.3. The van der Waals surface area contributed by atoms with Crippen molar-refractivity contribution in [2.45, 2.75) is 46.1 Å². The minimum Gasteiger partial charge on any atom is -0.378 e. The fourth-order valence-corrected chi connectivity index (χ4v) is 2.67. The van der Waals surface area contributed by atoms with Gasteiger partial charge in [-0.1, -0.05) is 19.9 Å². The van der Waals surface area contributed by atoms with Crippen LogP contribution in [-0.4, -0.2) is 6.04 Å². The molecule has 1 aromatic rings. The van der Waals surface area contributed by atoms with Crippen molar-refractivity contribution in [3.05, 3.63) is 29.3 Å². The molecule has 2 rings (SSSR count). The third-order valence-corrected chi connectivity index (χ3v) is 4.23. The highest BCUT2D eigenvalue weighted by molar-refractivity contribution is 5.49. The van der Waals surface area contributed by atoms with Gasteiger partial charge in [-0.2, -0.15) is 0 Å². The maximum absolute atomic E-state index is 13.9. The van der Waals surface area contributed by atoms with E-state index >= 15 is 0 Å². The zero-order valence-electron chi connectivity index (χ0n) is 11.3. The Labute approximate surface area is 108 Å². The van der Waals surface area contributed by atoms with Gasteiger partial charge >= 0.3 is 0 Å². The second-order valence-electron chi connectivity index (χ2n) is 5.66. The minimum atomic E-state index is -0.496. The molecule has 1 nitrogen and oxygen atoms in total. The molecule has 1 aromatic carbocycles. The first kappa shape index (κ1) is 13.3. The summed E-state index contributed by atoms with van der Waals surface area (Å²) < 4.78 is 27.5. The van der Waals surface area contributed by atoms with E-state index in [-0.39, 0.29) is 11.7 Å². The number of hydrogen-bond acceptors (Lipinski definition) is 1. The number of hydrogen-bond donors (Lipinski definition) is 1. The van der Waals surface area contributed by atoms with Gasteiger partial charge in [0.2, 0.25) is 0 Å². The second-order valence-corrected chi connectivity index (χ2v) is 5.66. The van der Waals surface area contributed by atoms with Gasteiger partial charge in [0.25, 0.3) is 0 Å². The molecule has 0 saturated heterocycles. The van der Waals surface area contributed by atoms with Crippen molar-refractivity contribution in [1.82, 2.24) is 0 Å². The first-order valence-corrected chi connectivity index (χ1v) is 6.70. The summed E-state index contributed by atoms with van der Waals surface area (Å²) in [6.45, 7) is 6.11. The lowest BCUT2D eigenvalue weighted by Gasteiger charge is -2.33. The zero-order valence-corrected chi connectivity index (χ0v) is 11.3. The fraction of sp³-hybridized carbons (Fsp3) is 0.600. The van der Waals surface area contributed by atoms with E-state index in [0.717, 1.165) is 19.3 Å². The second kappa shape index (κ2) is 5.25. The number of benzene rings is 1. The van der Waals surface area contributed by atoms with E-state index < -0.39 is 11.6 Å². The van der Waals surface area contributed by atoms with Gasteiger partial charge in [0.1, 0.15) is 11.5 Å². The highest BCUT2D eigenvalue weighted by atomic mass is 19.1. The molecule has 1 aliphatic carbocycles. The molecule has 3 atom stereocenters. The monoisotopic (exact) mass is 253 g/mol. The quantitative estimate of drug-likeness (QED) is 0.817. The molecule has 0 bridgehead atoms. The van der Waals surface area contributed by atoms with Crippen molar-refractivity contribution >= 4 is 5.69 Å². The number of nitrogens with one attached hydrogen (secondary N) is 1. The largest absolute Gasteiger partial charge is 0.378 e. The van der Waals surface area contributed by atoms with Crippen LogP contribution in [0.2, 0.25) is 0 Å². The Morgan fingerprint density at radius 2 is 1.83 bits per heavy atom. The van der Waals surface area contributed by atoms with Crippen molar-refractivity contribution in [2.75, 3.05) is 5.32 Å². The molecule has 0 heterocycles. The molecule has 1 fully saturated rings. The normalized spacial score (nSPS) is 28.2. The van der Waals surface area contributed by atoms with Gasteiger partial charge in [0.15, 0.2) is 5.82 Å². The molecule has 0 radical (unpaired) electrons. The molecular weight excluding hydrogens is 232 g/mol. The number of rotatable bonds is 2. The van der Waals surface area contributed by atoms with Gasteiger partial charge in [-0.3, -0.25) is 0 Å². The van der Waals surface area contributed by atoms with Gasteiger partial charge < -0.3 is 5.32 Å². The van der Waals surface area contributed by atoms with Crippen LogP contribution in [0, 0.1) is 30.4 Å². The van der Waals surface area contributed by atoms with Gasteiger partial charge in [0.05, 0.1) is 0 Å². The standard InChI is InChI=1S/C15H21F2N/c1-9-4-6-12(8-11(9)3)18-15-13(16)7-5-10(2)14(15)17/h5,7,9,11-12,18H,4,6,8H2,1-3H3. The van der Waals surface area contributed by atoms with Crippen LogP contribution in [0.15, 0.2) is 12.1 Å². The topological polar surface area (TPSA) is 12.0 Å². The summed E-state index contributed by atoms with van der Waals surface area (Å²) in [4.78, 5) is 0. The Kier molecular flexibility index (Phi) is 3.88. The van der Waals surface area contributed by atoms with Crippen molar-refractivity contribution in [1.29, 1.82) is 0 Å². The molecule has 1 saturated carbocycles. The summed E-state index contributed by atoms with van der Waals surface area (Å²) in [6, 6.07) is 2.99. The van der Waals surface area contributed by atoms with E-state index in [1.807, 2.05) is 0 Å². The molecule has 0 aromatic heterocycles. The number of halogens is 2. The smallest absolute Gasteiger partial charge is 0.152 e. The third kappa shape index (κ3) is 2.65. The van der Waals surface area contributed by atoms with Crippen molar-refractivity contribution in [2.24, 2.45) is 11.8 Å². The number of anilines is 1. The van der Waals surface area contributed by atoms with Crippen LogP contribution >= 0.6 is 0 Å². The molecule has 1 aliphatic rings. The van der Waals surface area contributed by atoms with Gasteiger partial charge in [-0.15, -0.1) is 0 Å². The molecule has 0 amide bonds. The number of aryl methyl sites for hydroxylation is 1. The summed E-state index contributed by atoms with van der Waals surface area (Å²) >= 11 is 0. The lowest BCUT2D eigenvalue weighted by molar-refractivity contribution is 0.260. The average molecular weight is 253 g/mol. The lowest BCUT2D eigenvalue weighted by Crippen LogP contribution is -2.31. The first-order chi connectivity index (χ1) is 8.49. The molecule has 100 valence electrons. The van der Waals surface area contributed by atoms with Crippen LogP contribution in [0.3, 0.4) is 0 Å². The summed E-state index contributed by atoms with van der Waals surface area (Å²) in [5, 5.41) is 3.06. The Morgan fingerprint density at radius 1 is 1.11 bits per heavy atom. The minimum absolute atomic E-state index is 0.0433. The predicted molar refractivity (Wildman–Crippen MR) is 70.7 cm³/mol. The fourth-order valence-electron chi connectivity index (χ4n) is 2.67. The van der Waals surface area contributed by atoms with Gasteiger partial charge in [0, 0.05) is 6.04 Å². The first-order valence-electron chi connectivity index (χ1n) is 6.70. The molecule has 3 unspecified atom stereocenters. The van der Waals surface area contributed by atoms with E-state index in [4.69, 9.17) is 0 Å². The predicted octanol–water partition coefficient (Wildman–Crippen LogP) is 4.51. The molecule has 0 aliphatic heterocycles.